The lowest BCUT2D eigenvalue weighted by atomic mass is 10.2. The zero-order valence-electron chi connectivity index (χ0n) is 11.2. The number of aromatic nitrogens is 1. The molecule has 0 spiro atoms. The molecule has 1 heterocycles. The zero-order chi connectivity index (χ0) is 13.5. The van der Waals surface area contributed by atoms with E-state index in [0.717, 1.165) is 6.42 Å². The van der Waals surface area contributed by atoms with Gasteiger partial charge in [0.2, 0.25) is 5.76 Å². The largest absolute Gasteiger partial charge is 0.463 e. The van der Waals surface area contributed by atoms with Gasteiger partial charge in [-0.25, -0.2) is 9.78 Å². The Labute approximate surface area is 106 Å². The van der Waals surface area contributed by atoms with Crippen LogP contribution in [0.1, 0.15) is 35.5 Å². The topological polar surface area (TPSA) is 70.8 Å². The molecule has 0 bridgehead atoms. The van der Waals surface area contributed by atoms with Crippen molar-refractivity contribution in [3.63, 3.8) is 0 Å². The molecule has 1 aromatic rings. The molecule has 1 rings (SSSR count). The molecule has 0 radical (unpaired) electrons. The maximum atomic E-state index is 11.5. The highest BCUT2D eigenvalue weighted by Crippen LogP contribution is 2.15. The minimum absolute atomic E-state index is 0.111. The fraction of sp³-hybridized carbons (Fsp3) is 0.667. The van der Waals surface area contributed by atoms with Crippen LogP contribution in [0.2, 0.25) is 0 Å². The summed E-state index contributed by atoms with van der Waals surface area (Å²) in [6.45, 7) is 2.17. The number of carbonyl (C=O) groups is 1. The van der Waals surface area contributed by atoms with E-state index in [9.17, 15) is 4.79 Å². The second kappa shape index (κ2) is 7.13. The van der Waals surface area contributed by atoms with Crippen LogP contribution in [0.25, 0.3) is 0 Å². The highest BCUT2D eigenvalue weighted by molar-refractivity contribution is 5.87. The minimum atomic E-state index is -0.541. The van der Waals surface area contributed by atoms with Crippen LogP contribution in [0.3, 0.4) is 0 Å². The van der Waals surface area contributed by atoms with Crippen LogP contribution in [-0.2, 0) is 27.2 Å². The van der Waals surface area contributed by atoms with E-state index in [0.29, 0.717) is 18.0 Å². The van der Waals surface area contributed by atoms with Gasteiger partial charge in [0, 0.05) is 20.6 Å². The monoisotopic (exact) mass is 257 g/mol. The van der Waals surface area contributed by atoms with Gasteiger partial charge < -0.3 is 18.6 Å². The number of aryl methyl sites for hydroxylation is 1. The molecule has 0 saturated heterocycles. The molecule has 0 N–H and O–H groups in total. The number of hydrogen-bond donors (Lipinski definition) is 0. The van der Waals surface area contributed by atoms with E-state index in [-0.39, 0.29) is 18.5 Å². The van der Waals surface area contributed by atoms with Crippen molar-refractivity contribution in [1.29, 1.82) is 0 Å². The fourth-order valence-electron chi connectivity index (χ4n) is 1.44. The van der Waals surface area contributed by atoms with Gasteiger partial charge in [-0.05, 0) is 13.3 Å². The third-order valence-corrected chi connectivity index (χ3v) is 2.56. The SMILES string of the molecule is COCc1nc(CCC(C)OC)oc1C(=O)OC. The average molecular weight is 257 g/mol. The zero-order valence-corrected chi connectivity index (χ0v) is 11.2. The molecule has 102 valence electrons. The summed E-state index contributed by atoms with van der Waals surface area (Å²) in [7, 11) is 4.48. The van der Waals surface area contributed by atoms with E-state index < -0.39 is 5.97 Å². The molecule has 0 amide bonds. The normalized spacial score (nSPS) is 12.4. The number of oxazole rings is 1. The summed E-state index contributed by atoms with van der Waals surface area (Å²) in [6.07, 6.45) is 1.48. The Hall–Kier alpha value is -1.40. The molecule has 0 aliphatic rings. The summed E-state index contributed by atoms with van der Waals surface area (Å²) < 4.78 is 20.1. The number of rotatable bonds is 7. The Kier molecular flexibility index (Phi) is 5.80. The molecular weight excluding hydrogens is 238 g/mol. The van der Waals surface area contributed by atoms with Gasteiger partial charge in [-0.15, -0.1) is 0 Å². The molecule has 6 nitrogen and oxygen atoms in total. The Balaban J connectivity index is 2.78. The number of esters is 1. The number of hydrogen-bond acceptors (Lipinski definition) is 6. The predicted molar refractivity (Wildman–Crippen MR) is 63.3 cm³/mol. The summed E-state index contributed by atoms with van der Waals surface area (Å²) in [5.41, 5.74) is 0.462. The minimum Gasteiger partial charge on any atom is -0.463 e. The van der Waals surface area contributed by atoms with Crippen LogP contribution in [-0.4, -0.2) is 38.4 Å². The molecule has 1 aromatic heterocycles. The number of carbonyl (C=O) groups excluding carboxylic acids is 1. The maximum Gasteiger partial charge on any atom is 0.376 e. The van der Waals surface area contributed by atoms with Gasteiger partial charge in [0.1, 0.15) is 5.69 Å². The molecule has 1 unspecified atom stereocenters. The number of ether oxygens (including phenoxy) is 3. The van der Waals surface area contributed by atoms with Crippen molar-refractivity contribution < 1.29 is 23.4 Å². The second-order valence-electron chi connectivity index (χ2n) is 3.89. The lowest BCUT2D eigenvalue weighted by molar-refractivity contribution is 0.0556. The lowest BCUT2D eigenvalue weighted by Gasteiger charge is -2.06. The van der Waals surface area contributed by atoms with Crippen molar-refractivity contribution in [1.82, 2.24) is 4.98 Å². The molecular formula is C12H19NO5. The standard InChI is InChI=1S/C12H19NO5/c1-8(16-3)5-6-10-13-9(7-15-2)11(18-10)12(14)17-4/h8H,5-7H2,1-4H3. The quantitative estimate of drug-likeness (QED) is 0.690. The van der Waals surface area contributed by atoms with Gasteiger partial charge in [0.15, 0.2) is 5.89 Å². The van der Waals surface area contributed by atoms with Gasteiger partial charge >= 0.3 is 5.97 Å². The predicted octanol–water partition coefficient (Wildman–Crippen LogP) is 1.58. The summed E-state index contributed by atoms with van der Waals surface area (Å²) in [5, 5.41) is 0. The van der Waals surface area contributed by atoms with Crippen LogP contribution < -0.4 is 0 Å². The second-order valence-corrected chi connectivity index (χ2v) is 3.89. The van der Waals surface area contributed by atoms with Crippen molar-refractivity contribution in [3.8, 4) is 0 Å². The Bertz CT molecular complexity index is 388. The summed E-state index contributed by atoms with van der Waals surface area (Å²) in [5.74, 6) is 0.0614. The fourth-order valence-corrected chi connectivity index (χ4v) is 1.44. The summed E-state index contributed by atoms with van der Waals surface area (Å²) >= 11 is 0. The van der Waals surface area contributed by atoms with E-state index >= 15 is 0 Å². The summed E-state index contributed by atoms with van der Waals surface area (Å²) in [6, 6.07) is 0. The third kappa shape index (κ3) is 3.82. The number of nitrogens with zero attached hydrogens (tertiary/aromatic N) is 1. The molecule has 18 heavy (non-hydrogen) atoms. The first-order chi connectivity index (χ1) is 8.62. The summed E-state index contributed by atoms with van der Waals surface area (Å²) in [4.78, 5) is 15.7. The Morgan fingerprint density at radius 2 is 2.11 bits per heavy atom. The first-order valence-electron chi connectivity index (χ1n) is 5.71. The molecule has 0 fully saturated rings. The molecule has 0 aromatic carbocycles. The molecule has 1 atom stereocenters. The molecule has 0 saturated carbocycles. The van der Waals surface area contributed by atoms with Crippen molar-refractivity contribution in [2.24, 2.45) is 0 Å². The smallest absolute Gasteiger partial charge is 0.376 e. The van der Waals surface area contributed by atoms with E-state index in [2.05, 4.69) is 9.72 Å². The van der Waals surface area contributed by atoms with Gasteiger partial charge in [-0.1, -0.05) is 0 Å². The van der Waals surface area contributed by atoms with Gasteiger partial charge in [0.05, 0.1) is 19.8 Å². The van der Waals surface area contributed by atoms with Crippen molar-refractivity contribution >= 4 is 5.97 Å². The van der Waals surface area contributed by atoms with Gasteiger partial charge in [-0.3, -0.25) is 0 Å². The number of methoxy groups -OCH3 is 3. The van der Waals surface area contributed by atoms with Crippen molar-refractivity contribution in [2.75, 3.05) is 21.3 Å². The third-order valence-electron chi connectivity index (χ3n) is 2.56. The highest BCUT2D eigenvalue weighted by Gasteiger charge is 2.20. The van der Waals surface area contributed by atoms with Crippen molar-refractivity contribution in [3.05, 3.63) is 17.3 Å². The Morgan fingerprint density at radius 3 is 2.67 bits per heavy atom. The van der Waals surface area contributed by atoms with E-state index in [1.807, 2.05) is 6.92 Å². The lowest BCUT2D eigenvalue weighted by Crippen LogP contribution is -2.06. The van der Waals surface area contributed by atoms with Gasteiger partial charge in [-0.2, -0.15) is 0 Å². The molecule has 6 heteroatoms. The first-order valence-corrected chi connectivity index (χ1v) is 5.71. The highest BCUT2D eigenvalue weighted by atomic mass is 16.5. The Morgan fingerprint density at radius 1 is 1.39 bits per heavy atom. The maximum absolute atomic E-state index is 11.5. The van der Waals surface area contributed by atoms with Crippen LogP contribution in [0.4, 0.5) is 0 Å². The van der Waals surface area contributed by atoms with Crippen LogP contribution >= 0.6 is 0 Å². The van der Waals surface area contributed by atoms with E-state index in [1.54, 1.807) is 7.11 Å². The molecule has 0 aliphatic heterocycles. The van der Waals surface area contributed by atoms with E-state index in [4.69, 9.17) is 13.9 Å². The van der Waals surface area contributed by atoms with Gasteiger partial charge in [0.25, 0.3) is 0 Å². The molecule has 0 aliphatic carbocycles. The average Bonchev–Trinajstić information content (AvgIpc) is 2.78. The van der Waals surface area contributed by atoms with Crippen LogP contribution in [0, 0.1) is 0 Å². The van der Waals surface area contributed by atoms with Crippen LogP contribution in [0.5, 0.6) is 0 Å². The van der Waals surface area contributed by atoms with E-state index in [1.165, 1.54) is 14.2 Å². The first kappa shape index (κ1) is 14.7. The van der Waals surface area contributed by atoms with Crippen molar-refractivity contribution in [2.45, 2.75) is 32.5 Å². The van der Waals surface area contributed by atoms with Crippen LogP contribution in [0.15, 0.2) is 4.42 Å².